The maximum Gasteiger partial charge on any atom is 0.293 e. The number of carboxylic acids is 1. The van der Waals surface area contributed by atoms with Gasteiger partial charge in [-0.15, -0.1) is 0 Å². The van der Waals surface area contributed by atoms with Gasteiger partial charge in [-0.3, -0.25) is 9.59 Å². The molecule has 9 nitrogen and oxygen atoms in total. The van der Waals surface area contributed by atoms with Gasteiger partial charge in [0, 0.05) is 77.6 Å². The van der Waals surface area contributed by atoms with E-state index in [4.69, 9.17) is 4.42 Å². The Morgan fingerprint density at radius 1 is 1.02 bits per heavy atom. The molecule has 0 atom stereocenters. The molecule has 41 heavy (non-hydrogen) atoms. The lowest BCUT2D eigenvalue weighted by Crippen LogP contribution is -2.27. The van der Waals surface area contributed by atoms with Crippen LogP contribution in [0.15, 0.2) is 59.0 Å². The van der Waals surface area contributed by atoms with Crippen LogP contribution in [0.2, 0.25) is 0 Å². The van der Waals surface area contributed by atoms with Crippen LogP contribution in [0.1, 0.15) is 20.7 Å². The summed E-state index contributed by atoms with van der Waals surface area (Å²) in [7, 11) is 10.8. The molecule has 0 unspecified atom stereocenters. The van der Waals surface area contributed by atoms with Gasteiger partial charge in [0.2, 0.25) is 5.36 Å². The van der Waals surface area contributed by atoms with Crippen molar-refractivity contribution in [3.8, 4) is 22.5 Å². The molecule has 2 aliphatic rings. The Labute approximate surface area is 245 Å². The van der Waals surface area contributed by atoms with Gasteiger partial charge < -0.3 is 29.3 Å². The van der Waals surface area contributed by atoms with Crippen molar-refractivity contribution >= 4 is 56.6 Å². The molecule has 1 heterocycles. The van der Waals surface area contributed by atoms with Crippen LogP contribution in [-0.2, 0) is 9.53 Å². The normalized spacial score (nSPS) is 10.9. The molecule has 0 saturated heterocycles. The standard InChI is InChI=1S/C30H31N3O6S2/c1-32(2)20-6-9-23-26(16-20)39-27-17-21(33(3)4)7-10-24(27)28(23)22-8-5-19(15-25(22)30(36)37)29(35)31-11-13-40-41-14-12-38-18-34/h5-10,15-18H,11-14H2,1-4H3,(H-,31,35,36,37). The number of hydrogen-bond acceptors (Lipinski definition) is 9. The van der Waals surface area contributed by atoms with Crippen LogP contribution in [0.4, 0.5) is 5.69 Å². The number of amides is 1. The molecule has 0 saturated carbocycles. The van der Waals surface area contributed by atoms with Gasteiger partial charge in [0.25, 0.3) is 12.4 Å². The lowest BCUT2D eigenvalue weighted by Gasteiger charge is -2.20. The molecule has 2 aromatic carbocycles. The second-order valence-electron chi connectivity index (χ2n) is 9.54. The van der Waals surface area contributed by atoms with Crippen LogP contribution in [0.25, 0.3) is 33.4 Å². The van der Waals surface area contributed by atoms with Gasteiger partial charge in [-0.25, -0.2) is 4.58 Å². The molecule has 1 aliphatic heterocycles. The Balaban J connectivity index is 1.72. The molecule has 2 aromatic rings. The Hall–Kier alpha value is -3.96. The second-order valence-corrected chi connectivity index (χ2v) is 12.2. The Morgan fingerprint density at radius 2 is 1.78 bits per heavy atom. The molecule has 1 N–H and O–H groups in total. The summed E-state index contributed by atoms with van der Waals surface area (Å²) in [5.74, 6) is 0.137. The van der Waals surface area contributed by atoms with Crippen LogP contribution in [-0.4, -0.2) is 71.2 Å². The van der Waals surface area contributed by atoms with E-state index in [1.54, 1.807) is 22.9 Å². The molecule has 4 rings (SSSR count). The predicted molar refractivity (Wildman–Crippen MR) is 163 cm³/mol. The fourth-order valence-corrected chi connectivity index (χ4v) is 6.09. The number of ether oxygens (including phenoxy) is 1. The highest BCUT2D eigenvalue weighted by Gasteiger charge is 2.22. The maximum atomic E-state index is 12.8. The van der Waals surface area contributed by atoms with Gasteiger partial charge in [-0.05, 0) is 35.9 Å². The lowest BCUT2D eigenvalue weighted by atomic mass is 9.89. The van der Waals surface area contributed by atoms with Crippen molar-refractivity contribution in [2.24, 2.45) is 0 Å². The predicted octanol–water partition coefficient (Wildman–Crippen LogP) is 2.95. The number of rotatable bonds is 12. The van der Waals surface area contributed by atoms with E-state index >= 15 is 0 Å². The van der Waals surface area contributed by atoms with Gasteiger partial charge in [-0.1, -0.05) is 27.7 Å². The molecule has 0 fully saturated rings. The zero-order valence-corrected chi connectivity index (χ0v) is 24.9. The van der Waals surface area contributed by atoms with Crippen molar-refractivity contribution < 1.29 is 28.6 Å². The first-order valence-corrected chi connectivity index (χ1v) is 15.3. The molecule has 1 aliphatic carbocycles. The van der Waals surface area contributed by atoms with E-state index in [1.165, 1.54) is 16.9 Å². The zero-order valence-electron chi connectivity index (χ0n) is 23.3. The molecule has 214 valence electrons. The van der Waals surface area contributed by atoms with Crippen molar-refractivity contribution in [1.82, 2.24) is 9.89 Å². The van der Waals surface area contributed by atoms with Gasteiger partial charge in [0.05, 0.1) is 12.0 Å². The fourth-order valence-electron chi connectivity index (χ4n) is 4.34. The number of nitrogens with one attached hydrogen (secondary N) is 1. The van der Waals surface area contributed by atoms with Crippen LogP contribution < -0.4 is 25.3 Å². The highest BCUT2D eigenvalue weighted by molar-refractivity contribution is 8.76. The summed E-state index contributed by atoms with van der Waals surface area (Å²) >= 11 is 0. The van der Waals surface area contributed by atoms with Gasteiger partial charge in [0.15, 0.2) is 0 Å². The lowest BCUT2D eigenvalue weighted by molar-refractivity contribution is -0.254. The molecule has 0 aromatic heterocycles. The van der Waals surface area contributed by atoms with Crippen LogP contribution in [0.5, 0.6) is 0 Å². The monoisotopic (exact) mass is 593 g/mol. The number of benzene rings is 3. The summed E-state index contributed by atoms with van der Waals surface area (Å²) in [6, 6.07) is 16.2. The Bertz CT molecular complexity index is 1630. The second kappa shape index (κ2) is 13.6. The summed E-state index contributed by atoms with van der Waals surface area (Å²) in [6.07, 6.45) is 0. The number of nitrogens with zero attached hydrogens (tertiary/aromatic N) is 2. The minimum absolute atomic E-state index is 0.0834. The summed E-state index contributed by atoms with van der Waals surface area (Å²) in [6.45, 7) is 1.14. The third-order valence-corrected chi connectivity index (χ3v) is 8.77. The number of anilines is 1. The Morgan fingerprint density at radius 3 is 2.49 bits per heavy atom. The summed E-state index contributed by atoms with van der Waals surface area (Å²) < 4.78 is 12.9. The average Bonchev–Trinajstić information content (AvgIpc) is 2.96. The van der Waals surface area contributed by atoms with Crippen molar-refractivity contribution in [2.75, 3.05) is 57.7 Å². The Kier molecular flexibility index (Phi) is 9.95. The molecule has 11 heteroatoms. The van der Waals surface area contributed by atoms with E-state index in [0.717, 1.165) is 22.0 Å². The number of aromatic carboxylic acids is 1. The number of carboxylic acid groups (broad SMARTS) is 1. The van der Waals surface area contributed by atoms with Crippen LogP contribution in [0, 0.1) is 0 Å². The smallest absolute Gasteiger partial charge is 0.293 e. The summed E-state index contributed by atoms with van der Waals surface area (Å²) in [5, 5.41) is 16.9. The molecule has 0 bridgehead atoms. The zero-order chi connectivity index (χ0) is 29.5. The molecule has 0 radical (unpaired) electrons. The number of hydrogen-bond donors (Lipinski definition) is 1. The molecular formula is C30H31N3O6S2. The topological polar surface area (TPSA) is 115 Å². The van der Waals surface area contributed by atoms with Crippen LogP contribution >= 0.6 is 21.6 Å². The average molecular weight is 594 g/mol. The van der Waals surface area contributed by atoms with E-state index in [-0.39, 0.29) is 17.0 Å². The number of fused-ring (bicyclic) bond motifs is 2. The first-order chi connectivity index (χ1) is 19.7. The van der Waals surface area contributed by atoms with Gasteiger partial charge >= 0.3 is 0 Å². The van der Waals surface area contributed by atoms with E-state index in [0.29, 0.717) is 53.6 Å². The van der Waals surface area contributed by atoms with Crippen molar-refractivity contribution in [3.63, 3.8) is 0 Å². The third-order valence-electron chi connectivity index (χ3n) is 6.40. The minimum Gasteiger partial charge on any atom is -0.545 e. The highest BCUT2D eigenvalue weighted by atomic mass is 33.1. The van der Waals surface area contributed by atoms with Crippen molar-refractivity contribution in [2.45, 2.75) is 0 Å². The minimum atomic E-state index is -1.38. The van der Waals surface area contributed by atoms with Crippen molar-refractivity contribution in [3.05, 3.63) is 71.1 Å². The fraction of sp³-hybridized carbons (Fsp3) is 0.267. The number of carbonyl (C=O) groups is 3. The molecule has 1 amide bonds. The maximum absolute atomic E-state index is 12.8. The third kappa shape index (κ3) is 7.04. The van der Waals surface area contributed by atoms with E-state index in [1.807, 2.05) is 74.1 Å². The number of carbonyl (C=O) groups excluding carboxylic acids is 3. The van der Waals surface area contributed by atoms with E-state index < -0.39 is 5.97 Å². The molecular weight excluding hydrogens is 562 g/mol. The SMILES string of the molecule is CN(C)c1ccc2c(-c3ccc(C(=O)NCCSSCCOC=O)cc3C(=O)[O-])c3ccc(=[N+](C)C)cc-3oc2c1. The first kappa shape index (κ1) is 30.0. The van der Waals surface area contributed by atoms with Crippen molar-refractivity contribution in [1.29, 1.82) is 0 Å². The van der Waals surface area contributed by atoms with Gasteiger partial charge in [0.1, 0.15) is 32.0 Å². The van der Waals surface area contributed by atoms with Crippen LogP contribution in [0.3, 0.4) is 0 Å². The first-order valence-electron chi connectivity index (χ1n) is 12.8. The largest absolute Gasteiger partial charge is 0.545 e. The summed E-state index contributed by atoms with van der Waals surface area (Å²) in [4.78, 5) is 37.4. The van der Waals surface area contributed by atoms with E-state index in [9.17, 15) is 19.5 Å². The quantitative estimate of drug-likeness (QED) is 0.0871. The summed E-state index contributed by atoms with van der Waals surface area (Å²) in [5.41, 5.74) is 3.56. The highest BCUT2D eigenvalue weighted by Crippen LogP contribution is 2.42. The van der Waals surface area contributed by atoms with Gasteiger partial charge in [-0.2, -0.15) is 0 Å². The molecule has 0 spiro atoms. The van der Waals surface area contributed by atoms with E-state index in [2.05, 4.69) is 10.1 Å².